The smallest absolute Gasteiger partial charge is 0.262 e. The first-order chi connectivity index (χ1) is 9.48. The van der Waals surface area contributed by atoms with E-state index in [4.69, 9.17) is 0 Å². The highest BCUT2D eigenvalue weighted by molar-refractivity contribution is 7.89. The van der Waals surface area contributed by atoms with Crippen LogP contribution in [0.15, 0.2) is 11.2 Å². The number of nitrogens with one attached hydrogen (secondary N) is 1. The number of piperazine rings is 1. The predicted octanol–water partition coefficient (Wildman–Crippen LogP) is -0.993. The molecule has 3 rings (SSSR count). The SMILES string of the molecule is Cc1nc(S(=O)(=O)N2CC(N3CCNCC3)C2)cn1C. The number of sulfonamides is 1. The Labute approximate surface area is 119 Å². The van der Waals surface area contributed by atoms with Crippen molar-refractivity contribution in [2.45, 2.75) is 18.0 Å². The van der Waals surface area contributed by atoms with Gasteiger partial charge in [0, 0.05) is 58.6 Å². The highest BCUT2D eigenvalue weighted by atomic mass is 32.2. The number of aromatic nitrogens is 2. The van der Waals surface area contributed by atoms with Crippen molar-refractivity contribution in [3.8, 4) is 0 Å². The number of hydrogen-bond donors (Lipinski definition) is 1. The van der Waals surface area contributed by atoms with Crippen molar-refractivity contribution >= 4 is 10.0 Å². The Balaban J connectivity index is 1.66. The predicted molar refractivity (Wildman–Crippen MR) is 74.9 cm³/mol. The molecule has 1 aromatic heterocycles. The Bertz CT molecular complexity index is 565. The molecule has 2 saturated heterocycles. The van der Waals surface area contributed by atoms with Gasteiger partial charge in [0.1, 0.15) is 5.82 Å². The van der Waals surface area contributed by atoms with Crippen molar-refractivity contribution in [2.75, 3.05) is 39.3 Å². The molecular formula is C12H21N5O2S. The maximum absolute atomic E-state index is 12.4. The van der Waals surface area contributed by atoms with Gasteiger partial charge in [0.2, 0.25) is 0 Å². The zero-order valence-corrected chi connectivity index (χ0v) is 12.7. The first-order valence-corrected chi connectivity index (χ1v) is 8.37. The fourth-order valence-corrected chi connectivity index (χ4v) is 4.21. The van der Waals surface area contributed by atoms with Crippen LogP contribution in [0.25, 0.3) is 0 Å². The molecule has 20 heavy (non-hydrogen) atoms. The molecule has 1 aromatic rings. The number of imidazole rings is 1. The maximum Gasteiger partial charge on any atom is 0.262 e. The van der Waals surface area contributed by atoms with Crippen LogP contribution in [0.5, 0.6) is 0 Å². The number of nitrogens with zero attached hydrogens (tertiary/aromatic N) is 4. The van der Waals surface area contributed by atoms with Gasteiger partial charge in [-0.2, -0.15) is 4.31 Å². The Morgan fingerprint density at radius 1 is 1.30 bits per heavy atom. The van der Waals surface area contributed by atoms with Gasteiger partial charge in [-0.05, 0) is 6.92 Å². The van der Waals surface area contributed by atoms with Crippen LogP contribution in [0.4, 0.5) is 0 Å². The van der Waals surface area contributed by atoms with Crippen LogP contribution >= 0.6 is 0 Å². The normalized spacial score (nSPS) is 22.9. The van der Waals surface area contributed by atoms with Crippen LogP contribution in [0, 0.1) is 6.92 Å². The van der Waals surface area contributed by atoms with Gasteiger partial charge in [-0.3, -0.25) is 4.90 Å². The lowest BCUT2D eigenvalue weighted by Crippen LogP contribution is -2.63. The fourth-order valence-electron chi connectivity index (χ4n) is 2.67. The molecule has 0 aromatic carbocycles. The van der Waals surface area contributed by atoms with Crippen LogP contribution < -0.4 is 5.32 Å². The molecule has 0 aliphatic carbocycles. The van der Waals surface area contributed by atoms with Crippen molar-refractivity contribution in [3.63, 3.8) is 0 Å². The minimum Gasteiger partial charge on any atom is -0.337 e. The first-order valence-electron chi connectivity index (χ1n) is 6.93. The summed E-state index contributed by atoms with van der Waals surface area (Å²) in [7, 11) is -1.61. The highest BCUT2D eigenvalue weighted by Gasteiger charge is 2.40. The molecule has 1 N–H and O–H groups in total. The average molecular weight is 299 g/mol. The summed E-state index contributed by atoms with van der Waals surface area (Å²) in [6.45, 7) is 6.95. The summed E-state index contributed by atoms with van der Waals surface area (Å²) >= 11 is 0. The molecule has 0 saturated carbocycles. The Kier molecular flexibility index (Phi) is 3.57. The summed E-state index contributed by atoms with van der Waals surface area (Å²) in [5.74, 6) is 0.711. The van der Waals surface area contributed by atoms with Crippen LogP contribution in [-0.4, -0.2) is 72.5 Å². The molecule has 2 aliphatic rings. The van der Waals surface area contributed by atoms with E-state index in [1.54, 1.807) is 24.7 Å². The zero-order valence-electron chi connectivity index (χ0n) is 11.9. The van der Waals surface area contributed by atoms with Gasteiger partial charge in [-0.15, -0.1) is 0 Å². The summed E-state index contributed by atoms with van der Waals surface area (Å²) in [6.07, 6.45) is 1.59. The average Bonchev–Trinajstić information content (AvgIpc) is 2.70. The van der Waals surface area contributed by atoms with E-state index in [2.05, 4.69) is 15.2 Å². The van der Waals surface area contributed by atoms with Crippen molar-refractivity contribution in [2.24, 2.45) is 7.05 Å². The van der Waals surface area contributed by atoms with Gasteiger partial charge < -0.3 is 9.88 Å². The third-order valence-electron chi connectivity index (χ3n) is 4.19. The van der Waals surface area contributed by atoms with Gasteiger partial charge in [0.25, 0.3) is 10.0 Å². The summed E-state index contributed by atoms with van der Waals surface area (Å²) in [4.78, 5) is 6.50. The molecular weight excluding hydrogens is 278 g/mol. The van der Waals surface area contributed by atoms with Gasteiger partial charge in [0.05, 0.1) is 0 Å². The fraction of sp³-hybridized carbons (Fsp3) is 0.750. The van der Waals surface area contributed by atoms with E-state index in [-0.39, 0.29) is 5.03 Å². The molecule has 0 amide bonds. The largest absolute Gasteiger partial charge is 0.337 e. The monoisotopic (exact) mass is 299 g/mol. The van der Waals surface area contributed by atoms with Crippen molar-refractivity contribution < 1.29 is 8.42 Å². The topological polar surface area (TPSA) is 70.5 Å². The molecule has 0 atom stereocenters. The standard InChI is InChI=1S/C12H21N5O2S/c1-10-14-12(9-15(10)2)20(18,19)17-7-11(8-17)16-5-3-13-4-6-16/h9,11,13H,3-8H2,1-2H3. The number of aryl methyl sites for hydroxylation is 2. The van der Waals surface area contributed by atoms with Gasteiger partial charge in [-0.25, -0.2) is 13.4 Å². The van der Waals surface area contributed by atoms with Crippen LogP contribution in [0.3, 0.4) is 0 Å². The van der Waals surface area contributed by atoms with E-state index < -0.39 is 10.0 Å². The molecule has 0 spiro atoms. The molecule has 0 bridgehead atoms. The minimum atomic E-state index is -3.42. The second kappa shape index (κ2) is 5.10. The summed E-state index contributed by atoms with van der Waals surface area (Å²) in [6, 6.07) is 0.358. The molecule has 0 radical (unpaired) electrons. The Morgan fingerprint density at radius 2 is 1.95 bits per heavy atom. The van der Waals surface area contributed by atoms with Crippen LogP contribution in [-0.2, 0) is 17.1 Å². The van der Waals surface area contributed by atoms with Crippen molar-refractivity contribution in [3.05, 3.63) is 12.0 Å². The van der Waals surface area contributed by atoms with E-state index in [0.29, 0.717) is 25.0 Å². The molecule has 7 nitrogen and oxygen atoms in total. The second-order valence-electron chi connectivity index (χ2n) is 5.50. The zero-order chi connectivity index (χ0) is 14.3. The third kappa shape index (κ3) is 2.37. The summed E-state index contributed by atoms with van der Waals surface area (Å²) < 4.78 is 28.1. The first kappa shape index (κ1) is 14.0. The second-order valence-corrected chi connectivity index (χ2v) is 7.38. The summed E-state index contributed by atoms with van der Waals surface area (Å²) in [5, 5.41) is 3.47. The summed E-state index contributed by atoms with van der Waals surface area (Å²) in [5.41, 5.74) is 0. The molecule has 2 fully saturated rings. The van der Waals surface area contributed by atoms with E-state index >= 15 is 0 Å². The Morgan fingerprint density at radius 3 is 2.50 bits per heavy atom. The van der Waals surface area contributed by atoms with E-state index in [9.17, 15) is 8.42 Å². The van der Waals surface area contributed by atoms with E-state index in [1.165, 1.54) is 4.31 Å². The molecule has 8 heteroatoms. The van der Waals surface area contributed by atoms with E-state index in [1.807, 2.05) is 0 Å². The van der Waals surface area contributed by atoms with Crippen molar-refractivity contribution in [1.29, 1.82) is 0 Å². The lowest BCUT2D eigenvalue weighted by molar-refractivity contribution is 0.0772. The number of rotatable bonds is 3. The highest BCUT2D eigenvalue weighted by Crippen LogP contribution is 2.23. The minimum absolute atomic E-state index is 0.163. The molecule has 112 valence electrons. The lowest BCUT2D eigenvalue weighted by Gasteiger charge is -2.45. The van der Waals surface area contributed by atoms with E-state index in [0.717, 1.165) is 26.2 Å². The van der Waals surface area contributed by atoms with Gasteiger partial charge in [-0.1, -0.05) is 0 Å². The lowest BCUT2D eigenvalue weighted by atomic mass is 10.1. The molecule has 3 heterocycles. The molecule has 0 unspecified atom stereocenters. The molecule has 2 aliphatic heterocycles. The van der Waals surface area contributed by atoms with Gasteiger partial charge >= 0.3 is 0 Å². The van der Waals surface area contributed by atoms with Crippen LogP contribution in [0.2, 0.25) is 0 Å². The Hall–Kier alpha value is -0.960. The maximum atomic E-state index is 12.4. The van der Waals surface area contributed by atoms with Gasteiger partial charge in [0.15, 0.2) is 5.03 Å². The van der Waals surface area contributed by atoms with Crippen LogP contribution in [0.1, 0.15) is 5.82 Å². The van der Waals surface area contributed by atoms with Crippen molar-refractivity contribution in [1.82, 2.24) is 24.1 Å². The quantitative estimate of drug-likeness (QED) is 0.776. The number of hydrogen-bond acceptors (Lipinski definition) is 5. The third-order valence-corrected chi connectivity index (χ3v) is 5.89.